The van der Waals surface area contributed by atoms with Crippen molar-refractivity contribution in [3.8, 4) is 0 Å². The molecule has 3 aromatic rings. The summed E-state index contributed by atoms with van der Waals surface area (Å²) in [4.78, 5) is 120. The lowest BCUT2D eigenvalue weighted by Gasteiger charge is -2.35. The van der Waals surface area contributed by atoms with Gasteiger partial charge < -0.3 is 51.5 Å². The molecule has 20 nitrogen and oxygen atoms in total. The zero-order chi connectivity index (χ0) is 51.0. The number of ether oxygens (including phenoxy) is 1. The first kappa shape index (κ1) is 54.0. The third-order valence-corrected chi connectivity index (χ3v) is 12.5. The summed E-state index contributed by atoms with van der Waals surface area (Å²) in [5.74, 6) is -5.92. The van der Waals surface area contributed by atoms with E-state index in [1.165, 1.54) is 28.4 Å². The van der Waals surface area contributed by atoms with Crippen LogP contribution in [0.25, 0.3) is 0 Å². The maximum Gasteiger partial charge on any atom is 0.410 e. The van der Waals surface area contributed by atoms with E-state index in [0.717, 1.165) is 24.8 Å². The van der Waals surface area contributed by atoms with Gasteiger partial charge in [0.1, 0.15) is 30.4 Å². The van der Waals surface area contributed by atoms with E-state index in [-0.39, 0.29) is 37.7 Å². The molecule has 70 heavy (non-hydrogen) atoms. The molecular formula is C50H68N10O10. The van der Waals surface area contributed by atoms with Crippen molar-refractivity contribution in [1.82, 2.24) is 51.7 Å². The average molecular weight is 969 g/mol. The molecule has 1 aliphatic heterocycles. The molecule has 8 amide bonds. The van der Waals surface area contributed by atoms with Crippen molar-refractivity contribution in [3.63, 3.8) is 0 Å². The first-order valence-corrected chi connectivity index (χ1v) is 23.8. The van der Waals surface area contributed by atoms with Gasteiger partial charge in [-0.3, -0.25) is 38.5 Å². The zero-order valence-electron chi connectivity index (χ0n) is 40.8. The van der Waals surface area contributed by atoms with Gasteiger partial charge in [-0.15, -0.1) is 0 Å². The van der Waals surface area contributed by atoms with Crippen LogP contribution in [0.3, 0.4) is 0 Å². The van der Waals surface area contributed by atoms with Crippen LogP contribution in [0.5, 0.6) is 0 Å². The Morgan fingerprint density at radius 2 is 1.50 bits per heavy atom. The number of hydrogen-bond acceptors (Lipinski definition) is 12. The van der Waals surface area contributed by atoms with Crippen molar-refractivity contribution in [1.29, 1.82) is 0 Å². The number of nitrogens with zero attached hydrogens (tertiary/aromatic N) is 4. The number of carbonyl (C=O) groups is 8. The highest BCUT2D eigenvalue weighted by atomic mass is 16.6. The Hall–Kier alpha value is -6.96. The fourth-order valence-electron chi connectivity index (χ4n) is 8.61. The molecule has 7 N–H and O–H groups in total. The van der Waals surface area contributed by atoms with Gasteiger partial charge in [-0.2, -0.15) is 0 Å². The summed E-state index contributed by atoms with van der Waals surface area (Å²) in [7, 11) is 3.09. The van der Waals surface area contributed by atoms with Gasteiger partial charge in [0.2, 0.25) is 29.5 Å². The van der Waals surface area contributed by atoms with Crippen LogP contribution in [0.4, 0.5) is 4.79 Å². The van der Waals surface area contributed by atoms with Crippen molar-refractivity contribution in [2.45, 2.75) is 116 Å². The molecule has 378 valence electrons. The number of benzene rings is 2. The number of amides is 8. The van der Waals surface area contributed by atoms with Crippen LogP contribution >= 0.6 is 0 Å². The minimum absolute atomic E-state index is 0.0301. The average Bonchev–Trinajstić information content (AvgIpc) is 3.78. The van der Waals surface area contributed by atoms with Crippen LogP contribution in [0, 0.1) is 17.3 Å². The van der Waals surface area contributed by atoms with E-state index in [1.807, 2.05) is 6.07 Å². The zero-order valence-corrected chi connectivity index (χ0v) is 40.8. The monoisotopic (exact) mass is 969 g/mol. The summed E-state index contributed by atoms with van der Waals surface area (Å²) < 4.78 is 5.60. The molecule has 2 fully saturated rings. The molecule has 1 aromatic heterocycles. The summed E-state index contributed by atoms with van der Waals surface area (Å²) in [6.07, 6.45) is 6.13. The highest BCUT2D eigenvalue weighted by molar-refractivity contribution is 5.97. The minimum Gasteiger partial charge on any atom is -0.445 e. The van der Waals surface area contributed by atoms with Gasteiger partial charge in [-0.25, -0.2) is 9.78 Å². The topological polar surface area (TPSA) is 270 Å². The molecule has 1 saturated heterocycles. The Kier molecular flexibility index (Phi) is 19.7. The number of rotatable bonds is 20. The Morgan fingerprint density at radius 1 is 0.829 bits per heavy atom. The minimum atomic E-state index is -1.83. The van der Waals surface area contributed by atoms with E-state index in [1.54, 1.807) is 96.4 Å². The van der Waals surface area contributed by atoms with E-state index in [0.29, 0.717) is 24.8 Å². The molecular weight excluding hydrogens is 901 g/mol. The summed E-state index contributed by atoms with van der Waals surface area (Å²) in [6.45, 7) is 6.02. The normalized spacial score (nSPS) is 18.1. The molecule has 20 heteroatoms. The predicted molar refractivity (Wildman–Crippen MR) is 257 cm³/mol. The molecule has 2 aromatic carbocycles. The van der Waals surface area contributed by atoms with E-state index in [9.17, 15) is 43.5 Å². The van der Waals surface area contributed by atoms with E-state index >= 15 is 0 Å². The Labute approximate surface area is 408 Å². The van der Waals surface area contributed by atoms with Gasteiger partial charge in [0, 0.05) is 39.6 Å². The lowest BCUT2D eigenvalue weighted by molar-refractivity contribution is -0.136. The van der Waals surface area contributed by atoms with Gasteiger partial charge in [-0.1, -0.05) is 114 Å². The van der Waals surface area contributed by atoms with Crippen LogP contribution in [-0.2, 0) is 40.1 Å². The molecule has 7 atom stereocenters. The van der Waals surface area contributed by atoms with Crippen molar-refractivity contribution in [3.05, 3.63) is 96.1 Å². The molecule has 0 radical (unpaired) electrons. The van der Waals surface area contributed by atoms with Gasteiger partial charge in [0.05, 0.1) is 30.7 Å². The predicted octanol–water partition coefficient (Wildman–Crippen LogP) is 2.15. The lowest BCUT2D eigenvalue weighted by Crippen LogP contribution is -2.61. The quantitative estimate of drug-likeness (QED) is 0.0859. The SMILES string of the molecule is CCCC(NC(=O)C1CN(C(=O)OCc2ccccc2)CC1NC(=O)C(NC(=O)C(NC(=O)c1cnccn1)C1CCCCC1)C(C)(C)C)C(O)C(=O)NCC(=O)NC(C(=O)N(C)C)c1ccccc1. The first-order valence-electron chi connectivity index (χ1n) is 23.8. The molecule has 1 saturated carbocycles. The number of carbonyl (C=O) groups excluding carboxylic acids is 8. The van der Waals surface area contributed by atoms with Gasteiger partial charge in [0.15, 0.2) is 6.10 Å². The molecule has 1 aliphatic carbocycles. The van der Waals surface area contributed by atoms with Gasteiger partial charge in [-0.05, 0) is 41.7 Å². The molecule has 7 unspecified atom stereocenters. The molecule has 2 heterocycles. The van der Waals surface area contributed by atoms with E-state index < -0.39 is 102 Å². The van der Waals surface area contributed by atoms with Crippen molar-refractivity contribution in [2.75, 3.05) is 33.7 Å². The Balaban J connectivity index is 1.31. The molecule has 2 aliphatic rings. The standard InChI is InChI=1S/C50H68N10O10/c1-7-17-35(41(62)46(66)53-27-38(61)56-40(48(68)59(5)6)33-22-15-10-16-23-33)54-43(63)34-28-60(49(69)70-30-31-18-11-8-12-19-31)29-37(34)55-47(67)42(50(2,3)4)58-45(65)39(32-20-13-9-14-21-32)57-44(64)36-26-51-24-25-52-36/h8,10-12,15-16,18-19,22-26,32,34-35,37,39-42,62H,7,9,13-14,17,20-21,27-30H2,1-6H3,(H,53,66)(H,54,63)(H,55,67)(H,56,61)(H,57,64)(H,58,65). The Bertz CT molecular complexity index is 2260. The van der Waals surface area contributed by atoms with E-state index in [2.05, 4.69) is 41.9 Å². The van der Waals surface area contributed by atoms with Crippen LogP contribution in [0.15, 0.2) is 79.3 Å². The van der Waals surface area contributed by atoms with Crippen molar-refractivity contribution < 1.29 is 48.2 Å². The summed E-state index contributed by atoms with van der Waals surface area (Å²) in [6, 6.07) is 12.1. The second-order valence-electron chi connectivity index (χ2n) is 19.1. The third-order valence-electron chi connectivity index (χ3n) is 12.5. The number of hydrogen-bond donors (Lipinski definition) is 7. The number of likely N-dealkylation sites (N-methyl/N-ethyl adjacent to an activating group) is 1. The smallest absolute Gasteiger partial charge is 0.410 e. The number of aromatic nitrogens is 2. The fraction of sp³-hybridized carbons (Fsp3) is 0.520. The molecule has 0 bridgehead atoms. The summed E-state index contributed by atoms with van der Waals surface area (Å²) in [5, 5.41) is 27.7. The molecule has 5 rings (SSSR count). The van der Waals surface area contributed by atoms with Crippen LogP contribution in [0.2, 0.25) is 0 Å². The summed E-state index contributed by atoms with van der Waals surface area (Å²) >= 11 is 0. The highest BCUT2D eigenvalue weighted by Gasteiger charge is 2.45. The lowest BCUT2D eigenvalue weighted by atomic mass is 9.82. The fourth-order valence-corrected chi connectivity index (χ4v) is 8.61. The van der Waals surface area contributed by atoms with Crippen molar-refractivity contribution >= 4 is 47.4 Å². The first-order chi connectivity index (χ1) is 33.4. The second-order valence-corrected chi connectivity index (χ2v) is 19.1. The highest BCUT2D eigenvalue weighted by Crippen LogP contribution is 2.29. The number of likely N-dealkylation sites (tertiary alicyclic amines) is 1. The second kappa shape index (κ2) is 25.6. The molecule has 0 spiro atoms. The number of aliphatic hydroxyl groups is 1. The van der Waals surface area contributed by atoms with E-state index in [4.69, 9.17) is 4.74 Å². The van der Waals surface area contributed by atoms with Gasteiger partial charge >= 0.3 is 6.09 Å². The van der Waals surface area contributed by atoms with Gasteiger partial charge in [0.25, 0.3) is 11.8 Å². The van der Waals surface area contributed by atoms with Crippen LogP contribution < -0.4 is 31.9 Å². The van der Waals surface area contributed by atoms with Crippen LogP contribution in [-0.4, -0.2) is 136 Å². The maximum absolute atomic E-state index is 14.5. The third kappa shape index (κ3) is 15.3. The maximum atomic E-state index is 14.5. The van der Waals surface area contributed by atoms with Crippen molar-refractivity contribution in [2.24, 2.45) is 17.3 Å². The van der Waals surface area contributed by atoms with Crippen LogP contribution in [0.1, 0.15) is 100 Å². The summed E-state index contributed by atoms with van der Waals surface area (Å²) in [5.41, 5.74) is 0.380. The Morgan fingerprint density at radius 3 is 2.11 bits per heavy atom. The number of nitrogens with one attached hydrogen (secondary N) is 6. The largest absolute Gasteiger partial charge is 0.445 e. The number of aliphatic hydroxyl groups excluding tert-OH is 1.